The quantitative estimate of drug-likeness (QED) is 0.175. The summed E-state index contributed by atoms with van der Waals surface area (Å²) >= 11 is 0. The zero-order valence-electron chi connectivity index (χ0n) is 69.2. The molecule has 0 aromatic heterocycles. The van der Waals surface area contributed by atoms with Crippen LogP contribution in [0.1, 0.15) is 368 Å². The van der Waals surface area contributed by atoms with E-state index in [1.54, 1.807) is 0 Å². The van der Waals surface area contributed by atoms with Gasteiger partial charge in [0, 0.05) is 35.2 Å². The van der Waals surface area contributed by atoms with Crippen LogP contribution in [0.3, 0.4) is 0 Å². The van der Waals surface area contributed by atoms with Crippen molar-refractivity contribution in [2.24, 2.45) is 0 Å². The first-order valence-corrected chi connectivity index (χ1v) is 53.2. The maximum Gasteiger partial charge on any atom is 4.00 e. The first kappa shape index (κ1) is 88.7. The van der Waals surface area contributed by atoms with Crippen molar-refractivity contribution in [1.29, 1.82) is 0 Å². The first-order chi connectivity index (χ1) is 45.2. The second-order valence-electron chi connectivity index (χ2n) is 35.7. The van der Waals surface area contributed by atoms with Gasteiger partial charge in [0.25, 0.3) is 0 Å². The summed E-state index contributed by atoms with van der Waals surface area (Å²) < 4.78 is 0. The van der Waals surface area contributed by atoms with E-state index in [1.165, 1.54) is 324 Å². The number of hydrogen-bond acceptors (Lipinski definition) is 0. The molecule has 0 saturated heterocycles. The van der Waals surface area contributed by atoms with Crippen molar-refractivity contribution in [3.05, 3.63) is 112 Å². The summed E-state index contributed by atoms with van der Waals surface area (Å²) in [5.41, 5.74) is 17.4. The SMILES string of the molecule is CC1=CC(C)([N-]C2([SiH](C)C)CCCCCCCCCC2)C(C)=C1C.CC1=CC(C)([N-]C2([SiH](C)C)CCCCCCCCCC2)C(C)=C1C.CC1=CC(C)([N-]C2([SiH](C)C)CCCCCCCCCC2)C(C)=C1C.CC1=CC(C)([N-]C2([SiH](C)C)CCCCCCCCCC2)C(C)=C1C.[Ti+4]. The molecule has 0 heterocycles. The van der Waals surface area contributed by atoms with Crippen LogP contribution in [0.2, 0.25) is 52.4 Å². The van der Waals surface area contributed by atoms with Gasteiger partial charge in [-0.25, -0.2) is 0 Å². The standard InChI is InChI=1S/4C22H40NSi.Ti/c4*1-18-17-21(4,20(3)19(18)2)23-22(24(5)6)15-13-11-9-7-8-10-12-14-16-22;/h4*17,24H,7-16H2,1-6H3;/q4*-1;+4. The summed E-state index contributed by atoms with van der Waals surface area (Å²) in [5, 5.41) is 24.0. The van der Waals surface area contributed by atoms with E-state index in [1.807, 2.05) is 0 Å². The molecule has 8 rings (SSSR count). The Kier molecular flexibility index (Phi) is 37.8. The van der Waals surface area contributed by atoms with E-state index in [0.717, 1.165) is 0 Å². The summed E-state index contributed by atoms with van der Waals surface area (Å²) in [4.78, 5) is 0. The van der Waals surface area contributed by atoms with Crippen LogP contribution in [0.5, 0.6) is 0 Å². The van der Waals surface area contributed by atoms with Crippen molar-refractivity contribution in [3.8, 4) is 0 Å². The fraction of sp³-hybridized carbons (Fsp3) is 0.818. The minimum Gasteiger partial charge on any atom is -0.647 e. The zero-order valence-corrected chi connectivity index (χ0v) is 75.4. The normalized spacial score (nSPS) is 29.2. The van der Waals surface area contributed by atoms with Gasteiger partial charge in [-0.05, 0) is 83.1 Å². The molecule has 552 valence electrons. The molecule has 8 aliphatic rings. The third-order valence-electron chi connectivity index (χ3n) is 27.6. The fourth-order valence-electron chi connectivity index (χ4n) is 19.0. The van der Waals surface area contributed by atoms with Crippen molar-refractivity contribution in [2.75, 3.05) is 0 Å². The van der Waals surface area contributed by atoms with Crippen molar-refractivity contribution in [2.45, 2.75) is 463 Å². The molecule has 8 aliphatic carbocycles. The Bertz CT molecular complexity index is 2270. The van der Waals surface area contributed by atoms with Crippen LogP contribution in [0.25, 0.3) is 21.3 Å². The van der Waals surface area contributed by atoms with Gasteiger partial charge in [-0.1, -0.05) is 450 Å². The van der Waals surface area contributed by atoms with Crippen molar-refractivity contribution < 1.29 is 21.7 Å². The first-order valence-electron chi connectivity index (χ1n) is 41.7. The Morgan fingerprint density at radius 2 is 0.330 bits per heavy atom. The van der Waals surface area contributed by atoms with Crippen LogP contribution >= 0.6 is 0 Å². The zero-order chi connectivity index (χ0) is 71.2. The van der Waals surface area contributed by atoms with Gasteiger partial charge in [-0.3, -0.25) is 0 Å². The van der Waals surface area contributed by atoms with Gasteiger partial charge in [-0.15, -0.1) is 20.6 Å². The van der Waals surface area contributed by atoms with Gasteiger partial charge < -0.3 is 21.3 Å². The van der Waals surface area contributed by atoms with E-state index < -0.39 is 35.2 Å². The molecule has 97 heavy (non-hydrogen) atoms. The maximum absolute atomic E-state index is 5.71. The van der Waals surface area contributed by atoms with Crippen LogP contribution in [0.15, 0.2) is 91.2 Å². The van der Waals surface area contributed by atoms with Crippen LogP contribution < -0.4 is 0 Å². The molecule has 4 atom stereocenters. The smallest absolute Gasteiger partial charge is 0.647 e. The van der Waals surface area contributed by atoms with E-state index in [-0.39, 0.29) is 43.9 Å². The second-order valence-corrected chi connectivity index (χ2v) is 49.2. The Hall–Kier alpha value is -0.658. The van der Waals surface area contributed by atoms with Gasteiger partial charge in [-0.2, -0.15) is 0 Å². The van der Waals surface area contributed by atoms with E-state index in [4.69, 9.17) is 21.3 Å². The molecule has 0 spiro atoms. The Labute approximate surface area is 627 Å². The van der Waals surface area contributed by atoms with Crippen LogP contribution in [0.4, 0.5) is 0 Å². The average Bonchev–Trinajstić information content (AvgIpc) is 1.70. The van der Waals surface area contributed by atoms with Gasteiger partial charge in [0.2, 0.25) is 0 Å². The molecule has 0 radical (unpaired) electrons. The van der Waals surface area contributed by atoms with Gasteiger partial charge >= 0.3 is 21.7 Å². The molecule has 0 amide bonds. The van der Waals surface area contributed by atoms with E-state index in [0.29, 0.717) is 20.6 Å². The largest absolute Gasteiger partial charge is 4.00 e. The molecule has 0 aromatic rings. The molecule has 0 bridgehead atoms. The van der Waals surface area contributed by atoms with E-state index >= 15 is 0 Å². The molecule has 4 fully saturated rings. The fourth-order valence-corrected chi connectivity index (χ4v) is 27.4. The predicted molar refractivity (Wildman–Crippen MR) is 447 cm³/mol. The number of nitrogens with zero attached hydrogens (tertiary/aromatic N) is 4. The van der Waals surface area contributed by atoms with E-state index in [2.05, 4.69) is 187 Å². The molecule has 0 aromatic carbocycles. The summed E-state index contributed by atoms with van der Waals surface area (Å²) in [5.74, 6) is 0. The third-order valence-corrected chi connectivity index (χ3v) is 39.1. The predicted octanol–water partition coefficient (Wildman–Crippen LogP) is 28.4. The average molecular weight is 1430 g/mol. The van der Waals surface area contributed by atoms with Crippen LogP contribution in [-0.4, -0.2) is 78.0 Å². The number of hydrogen-bond donors (Lipinski definition) is 0. The molecular formula is C88H160N4Si4Ti. The Morgan fingerprint density at radius 3 is 0.423 bits per heavy atom. The molecule has 9 heteroatoms. The molecular weight excluding hydrogens is 1270 g/mol. The third kappa shape index (κ3) is 24.7. The van der Waals surface area contributed by atoms with E-state index in [9.17, 15) is 0 Å². The maximum atomic E-state index is 5.71. The second kappa shape index (κ2) is 41.3. The van der Waals surface area contributed by atoms with Crippen molar-refractivity contribution in [3.63, 3.8) is 0 Å². The summed E-state index contributed by atoms with van der Waals surface area (Å²) in [7, 11) is -3.49. The topological polar surface area (TPSA) is 56.4 Å². The minimum absolute atomic E-state index is 0. The van der Waals surface area contributed by atoms with Gasteiger partial charge in [0.1, 0.15) is 0 Å². The summed E-state index contributed by atoms with van der Waals surface area (Å²) in [6.07, 6.45) is 65.9. The Morgan fingerprint density at radius 1 is 0.216 bits per heavy atom. The van der Waals surface area contributed by atoms with Crippen LogP contribution in [0, 0.1) is 0 Å². The van der Waals surface area contributed by atoms with Crippen molar-refractivity contribution >= 4 is 35.2 Å². The number of rotatable bonds is 12. The summed E-state index contributed by atoms with van der Waals surface area (Å²) in [6, 6.07) is 0. The molecule has 4 unspecified atom stereocenters. The van der Waals surface area contributed by atoms with Gasteiger partial charge in [0.05, 0.1) is 0 Å². The number of allylic oxidation sites excluding steroid dienone is 8. The molecule has 0 aliphatic heterocycles. The molecule has 0 N–H and O–H groups in total. The monoisotopic (exact) mass is 1430 g/mol. The van der Waals surface area contributed by atoms with Crippen molar-refractivity contribution in [1.82, 2.24) is 0 Å². The molecule has 4 saturated carbocycles. The summed E-state index contributed by atoms with van der Waals surface area (Å²) in [6.45, 7) is 57.2. The Balaban J connectivity index is 0.000000274. The molecule has 4 nitrogen and oxygen atoms in total. The van der Waals surface area contributed by atoms with Crippen LogP contribution in [-0.2, 0) is 21.7 Å². The minimum atomic E-state index is -0.873. The van der Waals surface area contributed by atoms with Gasteiger partial charge in [0.15, 0.2) is 0 Å².